The van der Waals surface area contributed by atoms with E-state index in [1.807, 2.05) is 6.07 Å². The molecule has 0 fully saturated rings. The topological polar surface area (TPSA) is 26.3 Å². The molecule has 0 N–H and O–H groups in total. The molecule has 0 aromatic heterocycles. The molecule has 0 bridgehead atoms. The summed E-state index contributed by atoms with van der Waals surface area (Å²) in [7, 11) is 0. The third kappa shape index (κ3) is 3.79. The molecule has 0 radical (unpaired) electrons. The van der Waals surface area contributed by atoms with Gasteiger partial charge < -0.3 is 4.74 Å². The van der Waals surface area contributed by atoms with Crippen LogP contribution in [0.3, 0.4) is 0 Å². The zero-order valence-corrected chi connectivity index (χ0v) is 11.5. The molecule has 0 amide bonds. The maximum Gasteiger partial charge on any atom is 0.316 e. The van der Waals surface area contributed by atoms with Crippen molar-refractivity contribution in [3.8, 4) is 0 Å². The van der Waals surface area contributed by atoms with Gasteiger partial charge in [0, 0.05) is 9.37 Å². The number of carbonyl (C=O) groups excluding carboxylic acids is 1. The molecule has 0 aliphatic rings. The van der Waals surface area contributed by atoms with Crippen molar-refractivity contribution in [3.05, 3.63) is 28.0 Å². The van der Waals surface area contributed by atoms with Gasteiger partial charge in [0.2, 0.25) is 0 Å². The minimum Gasteiger partial charge on any atom is -0.465 e. The molecule has 0 spiro atoms. The summed E-state index contributed by atoms with van der Waals surface area (Å²) in [5, 5.41) is 0. The second kappa shape index (κ2) is 6.25. The predicted octanol–water partition coefficient (Wildman–Crippen LogP) is 3.55. The molecule has 1 aromatic carbocycles. The van der Waals surface area contributed by atoms with Gasteiger partial charge in [-0.3, -0.25) is 4.79 Å². The van der Waals surface area contributed by atoms with E-state index in [-0.39, 0.29) is 17.5 Å². The van der Waals surface area contributed by atoms with Crippen LogP contribution in [0, 0.1) is 12.7 Å². The third-order valence-electron chi connectivity index (χ3n) is 1.83. The van der Waals surface area contributed by atoms with Crippen LogP contribution in [0.15, 0.2) is 21.5 Å². The fourth-order valence-electron chi connectivity index (χ4n) is 1.21. The van der Waals surface area contributed by atoms with Crippen molar-refractivity contribution in [2.75, 3.05) is 12.4 Å². The summed E-state index contributed by atoms with van der Waals surface area (Å²) in [4.78, 5) is 11.6. The molecular weight excluding hydrogens is 295 g/mol. The molecule has 16 heavy (non-hydrogen) atoms. The van der Waals surface area contributed by atoms with E-state index in [0.717, 1.165) is 17.3 Å². The van der Waals surface area contributed by atoms with E-state index >= 15 is 0 Å². The van der Waals surface area contributed by atoms with E-state index in [1.54, 1.807) is 13.8 Å². The number of ether oxygens (including phenoxy) is 1. The van der Waals surface area contributed by atoms with Gasteiger partial charge in [0.25, 0.3) is 0 Å². The zero-order valence-electron chi connectivity index (χ0n) is 9.05. The minimum absolute atomic E-state index is 0.132. The van der Waals surface area contributed by atoms with Crippen LogP contribution in [0.1, 0.15) is 12.5 Å². The Hall–Kier alpha value is -0.550. The highest BCUT2D eigenvalue weighted by molar-refractivity contribution is 9.10. The van der Waals surface area contributed by atoms with Gasteiger partial charge in [-0.05, 0) is 31.5 Å². The fourth-order valence-corrected chi connectivity index (χ4v) is 2.58. The van der Waals surface area contributed by atoms with Crippen LogP contribution < -0.4 is 0 Å². The average Bonchev–Trinajstić information content (AvgIpc) is 2.16. The van der Waals surface area contributed by atoms with Crippen LogP contribution in [0.5, 0.6) is 0 Å². The van der Waals surface area contributed by atoms with Gasteiger partial charge in [-0.25, -0.2) is 4.39 Å². The SMILES string of the molecule is CCOC(=O)CSc1c(C)cc(Br)cc1F. The molecule has 0 aliphatic carbocycles. The number of benzene rings is 1. The molecule has 0 aliphatic heterocycles. The first-order valence-corrected chi connectivity index (χ1v) is 6.56. The van der Waals surface area contributed by atoms with E-state index in [2.05, 4.69) is 15.9 Å². The first kappa shape index (κ1) is 13.5. The number of hydrogen-bond acceptors (Lipinski definition) is 3. The van der Waals surface area contributed by atoms with Crippen LogP contribution in [-0.2, 0) is 9.53 Å². The van der Waals surface area contributed by atoms with Gasteiger partial charge in [-0.15, -0.1) is 11.8 Å². The summed E-state index contributed by atoms with van der Waals surface area (Å²) in [6.07, 6.45) is 0. The summed E-state index contributed by atoms with van der Waals surface area (Å²) in [6.45, 7) is 3.90. The molecule has 0 heterocycles. The lowest BCUT2D eigenvalue weighted by Crippen LogP contribution is -2.07. The summed E-state index contributed by atoms with van der Waals surface area (Å²) in [6, 6.07) is 3.21. The normalized spacial score (nSPS) is 10.2. The van der Waals surface area contributed by atoms with Crippen molar-refractivity contribution in [1.82, 2.24) is 0 Å². The second-order valence-electron chi connectivity index (χ2n) is 3.13. The number of aryl methyl sites for hydroxylation is 1. The monoisotopic (exact) mass is 306 g/mol. The van der Waals surface area contributed by atoms with Crippen LogP contribution in [-0.4, -0.2) is 18.3 Å². The highest BCUT2D eigenvalue weighted by Gasteiger charge is 2.10. The molecule has 0 saturated heterocycles. The quantitative estimate of drug-likeness (QED) is 0.628. The molecule has 0 unspecified atom stereocenters. The number of hydrogen-bond donors (Lipinski definition) is 0. The number of halogens is 2. The Balaban J connectivity index is 2.70. The van der Waals surface area contributed by atoms with Crippen molar-refractivity contribution in [2.24, 2.45) is 0 Å². The lowest BCUT2D eigenvalue weighted by molar-refractivity contribution is -0.139. The van der Waals surface area contributed by atoms with Gasteiger partial charge in [-0.1, -0.05) is 15.9 Å². The van der Waals surface area contributed by atoms with E-state index < -0.39 is 0 Å². The second-order valence-corrected chi connectivity index (χ2v) is 5.03. The van der Waals surface area contributed by atoms with Gasteiger partial charge in [0.1, 0.15) is 5.82 Å². The van der Waals surface area contributed by atoms with E-state index in [9.17, 15) is 9.18 Å². The average molecular weight is 307 g/mol. The van der Waals surface area contributed by atoms with Crippen molar-refractivity contribution in [1.29, 1.82) is 0 Å². The van der Waals surface area contributed by atoms with Crippen molar-refractivity contribution >= 4 is 33.7 Å². The van der Waals surface area contributed by atoms with Crippen LogP contribution in [0.4, 0.5) is 4.39 Å². The maximum atomic E-state index is 13.5. The smallest absolute Gasteiger partial charge is 0.316 e. The Labute approximate surface area is 107 Å². The Kier molecular flexibility index (Phi) is 5.28. The Morgan fingerprint density at radius 2 is 2.25 bits per heavy atom. The number of carbonyl (C=O) groups is 1. The summed E-state index contributed by atoms with van der Waals surface area (Å²) in [5.41, 5.74) is 0.807. The summed E-state index contributed by atoms with van der Waals surface area (Å²) < 4.78 is 19.0. The van der Waals surface area contributed by atoms with Gasteiger partial charge >= 0.3 is 5.97 Å². The summed E-state index contributed by atoms with van der Waals surface area (Å²) in [5.74, 6) is -0.511. The molecular formula is C11H12BrFO2S. The van der Waals surface area contributed by atoms with Crippen LogP contribution >= 0.6 is 27.7 Å². The highest BCUT2D eigenvalue weighted by atomic mass is 79.9. The molecule has 5 heteroatoms. The number of rotatable bonds is 4. The van der Waals surface area contributed by atoms with Gasteiger partial charge in [0.15, 0.2) is 0 Å². The molecule has 2 nitrogen and oxygen atoms in total. The lowest BCUT2D eigenvalue weighted by Gasteiger charge is -2.07. The molecule has 0 atom stereocenters. The lowest BCUT2D eigenvalue weighted by atomic mass is 10.2. The van der Waals surface area contributed by atoms with Crippen molar-refractivity contribution in [2.45, 2.75) is 18.7 Å². The molecule has 1 aromatic rings. The highest BCUT2D eigenvalue weighted by Crippen LogP contribution is 2.28. The summed E-state index contributed by atoms with van der Waals surface area (Å²) >= 11 is 4.37. The fraction of sp³-hybridized carbons (Fsp3) is 0.364. The van der Waals surface area contributed by atoms with Crippen LogP contribution in [0.2, 0.25) is 0 Å². The third-order valence-corrected chi connectivity index (χ3v) is 3.48. The zero-order chi connectivity index (χ0) is 12.1. The predicted molar refractivity (Wildman–Crippen MR) is 66.2 cm³/mol. The van der Waals surface area contributed by atoms with E-state index in [1.165, 1.54) is 6.07 Å². The largest absolute Gasteiger partial charge is 0.465 e. The Bertz CT molecular complexity index is 373. The number of thioether (sulfide) groups is 1. The van der Waals surface area contributed by atoms with Crippen molar-refractivity contribution < 1.29 is 13.9 Å². The van der Waals surface area contributed by atoms with Gasteiger partial charge in [-0.2, -0.15) is 0 Å². The van der Waals surface area contributed by atoms with Crippen LogP contribution in [0.25, 0.3) is 0 Å². The Morgan fingerprint density at radius 1 is 1.56 bits per heavy atom. The minimum atomic E-state index is -0.325. The van der Waals surface area contributed by atoms with Crippen molar-refractivity contribution in [3.63, 3.8) is 0 Å². The Morgan fingerprint density at radius 3 is 2.81 bits per heavy atom. The van der Waals surface area contributed by atoms with E-state index in [0.29, 0.717) is 16.0 Å². The molecule has 1 rings (SSSR count). The van der Waals surface area contributed by atoms with E-state index in [4.69, 9.17) is 4.74 Å². The first-order chi connectivity index (χ1) is 7.54. The first-order valence-electron chi connectivity index (χ1n) is 4.78. The van der Waals surface area contributed by atoms with Gasteiger partial charge in [0.05, 0.1) is 12.4 Å². The number of esters is 1. The molecule has 0 saturated carbocycles. The molecule has 88 valence electrons. The maximum absolute atomic E-state index is 13.5. The standard InChI is InChI=1S/C11H12BrFO2S/c1-3-15-10(14)6-16-11-7(2)4-8(12)5-9(11)13/h4-5H,3,6H2,1-2H3.